The Morgan fingerprint density at radius 3 is 1.23 bits per heavy atom. The van der Waals surface area contributed by atoms with Crippen molar-refractivity contribution in [2.45, 2.75) is 190 Å². The third-order valence-corrected chi connectivity index (χ3v) is 15.9. The Bertz CT molecular complexity index is 2420. The molecule has 95 heavy (non-hydrogen) atoms. The van der Waals surface area contributed by atoms with Gasteiger partial charge in [-0.05, 0) is 64.0 Å². The molecule has 542 valence electrons. The van der Waals surface area contributed by atoms with Crippen LogP contribution in [-0.2, 0) is 93.9 Å². The number of hydrogen-bond donors (Lipinski definition) is 16. The van der Waals surface area contributed by atoms with Crippen LogP contribution in [0.4, 0.5) is 0 Å². The zero-order valence-electron chi connectivity index (χ0n) is 54.9. The SMILES string of the molecule is CC(=O)NC1C(OCCOCCNC(=O)CN(CC(=O)NCCOCCOC2OC(CO)C(O)C(O)C2NC(C)=O)C(Cc2ccc(CNC(=O)C3CCC(OC(C)(C)C)CC3)cc2)C(=O)NCCOCCOC2OC(CO)C(O)C(O)C2NC(C)=O)OC(CO)C(O)C1O. The van der Waals surface area contributed by atoms with Crippen LogP contribution in [0.5, 0.6) is 0 Å². The largest absolute Gasteiger partial charge is 0.394 e. The van der Waals surface area contributed by atoms with Crippen LogP contribution in [0.15, 0.2) is 24.3 Å². The molecule has 7 amide bonds. The van der Waals surface area contributed by atoms with Gasteiger partial charge in [0, 0.05) is 52.9 Å². The summed E-state index contributed by atoms with van der Waals surface area (Å²) in [6, 6.07) is 2.38. The van der Waals surface area contributed by atoms with Crippen molar-refractivity contribution in [3.05, 3.63) is 35.4 Å². The number of aliphatic hydroxyl groups excluding tert-OH is 9. The number of ether oxygens (including phenoxy) is 10. The van der Waals surface area contributed by atoms with E-state index >= 15 is 0 Å². The molecule has 1 aromatic carbocycles. The molecule has 0 aromatic heterocycles. The van der Waals surface area contributed by atoms with Gasteiger partial charge in [-0.2, -0.15) is 0 Å². The first-order valence-corrected chi connectivity index (χ1v) is 32.1. The summed E-state index contributed by atoms with van der Waals surface area (Å²) in [4.78, 5) is 92.6. The highest BCUT2D eigenvalue weighted by molar-refractivity contribution is 5.86. The molecule has 1 aliphatic carbocycles. The lowest BCUT2D eigenvalue weighted by Gasteiger charge is -2.42. The quantitative estimate of drug-likeness (QED) is 0.0272. The number of benzene rings is 1. The predicted molar refractivity (Wildman–Crippen MR) is 329 cm³/mol. The molecule has 16 unspecified atom stereocenters. The van der Waals surface area contributed by atoms with Crippen molar-refractivity contribution in [1.82, 2.24) is 42.1 Å². The van der Waals surface area contributed by atoms with Crippen LogP contribution in [-0.4, -0.2) is 314 Å². The molecule has 4 aliphatic rings. The van der Waals surface area contributed by atoms with Crippen LogP contribution in [0.1, 0.15) is 78.4 Å². The van der Waals surface area contributed by atoms with Gasteiger partial charge in [-0.25, -0.2) is 0 Å². The van der Waals surface area contributed by atoms with E-state index in [-0.39, 0.29) is 116 Å². The minimum Gasteiger partial charge on any atom is -0.394 e. The van der Waals surface area contributed by atoms with Crippen molar-refractivity contribution in [2.24, 2.45) is 5.92 Å². The molecule has 3 aliphatic heterocycles. The van der Waals surface area contributed by atoms with Crippen LogP contribution in [0.3, 0.4) is 0 Å². The Hall–Kier alpha value is -5.29. The zero-order chi connectivity index (χ0) is 69.8. The predicted octanol–water partition coefficient (Wildman–Crippen LogP) is -6.83. The smallest absolute Gasteiger partial charge is 0.237 e. The summed E-state index contributed by atoms with van der Waals surface area (Å²) in [7, 11) is 0. The number of carbonyl (C=O) groups is 7. The van der Waals surface area contributed by atoms with Gasteiger partial charge < -0.3 is 131 Å². The number of nitrogens with zero attached hydrogens (tertiary/aromatic N) is 1. The van der Waals surface area contributed by atoms with E-state index in [1.165, 1.54) is 25.7 Å². The maximum atomic E-state index is 14.5. The second-order valence-electron chi connectivity index (χ2n) is 24.6. The summed E-state index contributed by atoms with van der Waals surface area (Å²) in [5.74, 6) is -3.70. The lowest BCUT2D eigenvalue weighted by Crippen LogP contribution is -2.64. The first kappa shape index (κ1) is 80.4. The van der Waals surface area contributed by atoms with E-state index in [1.807, 2.05) is 20.8 Å². The van der Waals surface area contributed by atoms with Crippen molar-refractivity contribution in [1.29, 1.82) is 0 Å². The molecule has 34 heteroatoms. The van der Waals surface area contributed by atoms with E-state index in [4.69, 9.17) is 47.4 Å². The highest BCUT2D eigenvalue weighted by Crippen LogP contribution is 2.30. The van der Waals surface area contributed by atoms with Gasteiger partial charge in [-0.15, -0.1) is 0 Å². The molecule has 0 radical (unpaired) electrons. The van der Waals surface area contributed by atoms with Gasteiger partial charge in [0.25, 0.3) is 0 Å². The molecular weight excluding hydrogens is 1260 g/mol. The number of amides is 7. The molecule has 4 fully saturated rings. The van der Waals surface area contributed by atoms with E-state index in [2.05, 4.69) is 37.2 Å². The Balaban J connectivity index is 1.25. The maximum absolute atomic E-state index is 14.5. The average molecular weight is 1360 g/mol. The van der Waals surface area contributed by atoms with Crippen LogP contribution in [0, 0.1) is 5.92 Å². The van der Waals surface area contributed by atoms with E-state index < -0.39 is 166 Å². The topological polar surface area (TPSA) is 481 Å². The van der Waals surface area contributed by atoms with Crippen molar-refractivity contribution < 1.29 is 127 Å². The number of hydrogen-bond acceptors (Lipinski definition) is 27. The molecule has 1 aromatic rings. The second kappa shape index (κ2) is 41.2. The number of aliphatic hydroxyl groups is 9. The van der Waals surface area contributed by atoms with E-state index in [0.29, 0.717) is 18.4 Å². The number of rotatable bonds is 39. The van der Waals surface area contributed by atoms with Crippen LogP contribution in [0.25, 0.3) is 0 Å². The minimum atomic E-state index is -1.53. The molecule has 5 rings (SSSR count). The lowest BCUT2D eigenvalue weighted by atomic mass is 9.86. The molecule has 1 saturated carbocycles. The fraction of sp³-hybridized carbons (Fsp3) is 0.787. The fourth-order valence-electron chi connectivity index (χ4n) is 11.1. The number of nitrogens with one attached hydrogen (secondary N) is 7. The van der Waals surface area contributed by atoms with Crippen LogP contribution in [0.2, 0.25) is 0 Å². The van der Waals surface area contributed by atoms with Crippen molar-refractivity contribution in [2.75, 3.05) is 112 Å². The molecule has 34 nitrogen and oxygen atoms in total. The Morgan fingerprint density at radius 1 is 0.505 bits per heavy atom. The zero-order valence-corrected chi connectivity index (χ0v) is 54.9. The fourth-order valence-corrected chi connectivity index (χ4v) is 11.1. The molecule has 3 saturated heterocycles. The normalized spacial score (nSPS) is 29.0. The summed E-state index contributed by atoms with van der Waals surface area (Å²) in [6.45, 7) is 5.79. The van der Waals surface area contributed by atoms with Crippen molar-refractivity contribution >= 4 is 41.4 Å². The molecule has 16 N–H and O–H groups in total. The monoisotopic (exact) mass is 1360 g/mol. The van der Waals surface area contributed by atoms with Gasteiger partial charge in [-0.3, -0.25) is 38.5 Å². The summed E-state index contributed by atoms with van der Waals surface area (Å²) in [5, 5.41) is 111. The molecule has 0 spiro atoms. The Kier molecular flexibility index (Phi) is 34.9. The van der Waals surface area contributed by atoms with E-state index in [9.17, 15) is 79.5 Å². The van der Waals surface area contributed by atoms with Crippen LogP contribution >= 0.6 is 0 Å². The summed E-state index contributed by atoms with van der Waals surface area (Å²) in [6.07, 6.45) is -13.6. The minimum absolute atomic E-state index is 0.0445. The average Bonchev–Trinajstić information content (AvgIpc) is 0.862. The standard InChI is InChI=1S/C61H102N8O26/c1-34(73)66-47-53(81)50(78)42(31-70)92-58(47)89-24-21-86-18-15-62-45(76)29-69(30-46(77)63-16-19-87-22-25-90-59-48(67-35(2)74)54(82)51(79)43(32-71)93-59)41(27-37-7-9-38(10-8-37)28-65-56(84)39-11-13-40(14-12-39)95-61(4,5)6)57(85)64-17-20-88-23-26-91-60-49(68-36(3)75)55(83)52(80)44(33-72)94-60/h7-10,39-44,47-55,58-60,70-72,78-83H,11-33H2,1-6H3,(H,62,76)(H,63,77)(H,64,85)(H,65,84)(H,66,73)(H,67,74)(H,68,75). The van der Waals surface area contributed by atoms with Crippen molar-refractivity contribution in [3.8, 4) is 0 Å². The van der Waals surface area contributed by atoms with Crippen LogP contribution < -0.4 is 37.2 Å². The van der Waals surface area contributed by atoms with Gasteiger partial charge in [0.2, 0.25) is 41.4 Å². The third kappa shape index (κ3) is 27.2. The lowest BCUT2D eigenvalue weighted by molar-refractivity contribution is -0.272. The summed E-state index contributed by atoms with van der Waals surface area (Å²) < 4.78 is 57.0. The van der Waals surface area contributed by atoms with Gasteiger partial charge in [-0.1, -0.05) is 24.3 Å². The van der Waals surface area contributed by atoms with Gasteiger partial charge in [0.1, 0.15) is 73.1 Å². The summed E-state index contributed by atoms with van der Waals surface area (Å²) in [5.41, 5.74) is 1.10. The third-order valence-electron chi connectivity index (χ3n) is 15.9. The molecule has 16 atom stereocenters. The van der Waals surface area contributed by atoms with Gasteiger partial charge in [0.15, 0.2) is 18.9 Å². The highest BCUT2D eigenvalue weighted by atomic mass is 16.7. The first-order valence-electron chi connectivity index (χ1n) is 32.1. The maximum Gasteiger partial charge on any atom is 0.237 e. The Labute approximate surface area is 552 Å². The molecule has 3 heterocycles. The molecule has 0 bridgehead atoms. The van der Waals surface area contributed by atoms with E-state index in [0.717, 1.165) is 18.4 Å². The van der Waals surface area contributed by atoms with Gasteiger partial charge >= 0.3 is 0 Å². The first-order chi connectivity index (χ1) is 45.2. The van der Waals surface area contributed by atoms with Gasteiger partial charge in [0.05, 0.1) is 110 Å². The summed E-state index contributed by atoms with van der Waals surface area (Å²) >= 11 is 0. The van der Waals surface area contributed by atoms with E-state index in [1.54, 1.807) is 24.3 Å². The van der Waals surface area contributed by atoms with Crippen molar-refractivity contribution in [3.63, 3.8) is 0 Å². The molecular formula is C61H102N8O26. The Morgan fingerprint density at radius 2 is 0.874 bits per heavy atom. The highest BCUT2D eigenvalue weighted by Gasteiger charge is 2.48. The second-order valence-corrected chi connectivity index (χ2v) is 24.6. The number of carbonyl (C=O) groups excluding carboxylic acids is 7.